The Morgan fingerprint density at radius 2 is 2.20 bits per heavy atom. The average Bonchev–Trinajstić information content (AvgIpc) is 2.75. The second-order valence-corrected chi connectivity index (χ2v) is 7.21. The van der Waals surface area contributed by atoms with Crippen LogP contribution in [0.4, 0.5) is 0 Å². The van der Waals surface area contributed by atoms with Crippen molar-refractivity contribution in [3.05, 3.63) is 34.3 Å². The Balaban J connectivity index is 2.02. The zero-order chi connectivity index (χ0) is 14.8. The van der Waals surface area contributed by atoms with Crippen LogP contribution in [0.15, 0.2) is 28.7 Å². The van der Waals surface area contributed by atoms with Crippen molar-refractivity contribution in [1.82, 2.24) is 4.90 Å². The maximum absolute atomic E-state index is 12.3. The summed E-state index contributed by atoms with van der Waals surface area (Å²) in [6.45, 7) is 7.50. The van der Waals surface area contributed by atoms with E-state index in [0.29, 0.717) is 0 Å². The molecule has 0 saturated carbocycles. The lowest BCUT2D eigenvalue weighted by atomic mass is 10.1. The van der Waals surface area contributed by atoms with Gasteiger partial charge in [0.15, 0.2) is 0 Å². The minimum Gasteiger partial charge on any atom is -0.459 e. The molecular weight excluding hydrogens is 318 g/mol. The fourth-order valence-electron chi connectivity index (χ4n) is 2.52. The van der Waals surface area contributed by atoms with Gasteiger partial charge in [-0.2, -0.15) is 0 Å². The fraction of sp³-hybridized carbons (Fsp3) is 0.562. The molecule has 1 atom stereocenters. The van der Waals surface area contributed by atoms with Gasteiger partial charge in [0, 0.05) is 11.0 Å². The van der Waals surface area contributed by atoms with E-state index in [1.165, 1.54) is 5.56 Å². The maximum Gasteiger partial charge on any atom is 0.323 e. The van der Waals surface area contributed by atoms with Crippen LogP contribution < -0.4 is 0 Å². The summed E-state index contributed by atoms with van der Waals surface area (Å²) in [6, 6.07) is 8.13. The van der Waals surface area contributed by atoms with Gasteiger partial charge in [-0.1, -0.05) is 28.1 Å². The van der Waals surface area contributed by atoms with Crippen molar-refractivity contribution in [2.45, 2.75) is 51.8 Å². The number of rotatable bonds is 3. The normalized spacial score (nSPS) is 20.1. The molecule has 0 amide bonds. The van der Waals surface area contributed by atoms with Crippen molar-refractivity contribution in [3.8, 4) is 0 Å². The molecule has 2 rings (SSSR count). The van der Waals surface area contributed by atoms with E-state index >= 15 is 0 Å². The average molecular weight is 340 g/mol. The molecule has 0 aromatic heterocycles. The van der Waals surface area contributed by atoms with Crippen LogP contribution in [0.25, 0.3) is 0 Å². The topological polar surface area (TPSA) is 29.5 Å². The number of esters is 1. The third kappa shape index (κ3) is 4.32. The molecule has 0 radical (unpaired) electrons. The Bertz CT molecular complexity index is 482. The summed E-state index contributed by atoms with van der Waals surface area (Å²) in [4.78, 5) is 14.5. The first-order valence-corrected chi connectivity index (χ1v) is 7.86. The molecule has 0 N–H and O–H groups in total. The second-order valence-electron chi connectivity index (χ2n) is 6.29. The van der Waals surface area contributed by atoms with Crippen molar-refractivity contribution >= 4 is 21.9 Å². The Morgan fingerprint density at radius 1 is 1.45 bits per heavy atom. The number of hydrogen-bond acceptors (Lipinski definition) is 3. The summed E-state index contributed by atoms with van der Waals surface area (Å²) < 4.78 is 6.60. The molecule has 1 fully saturated rings. The van der Waals surface area contributed by atoms with Crippen LogP contribution in [0.2, 0.25) is 0 Å². The zero-order valence-corrected chi connectivity index (χ0v) is 13.9. The standard InChI is InChI=1S/C16H22BrNO2/c1-16(2,3)20-15(19)14-8-5-9-18(14)11-12-6-4-7-13(17)10-12/h4,6-7,10,14H,5,8-9,11H2,1-3H3/t14-/m0/s1. The molecule has 0 unspecified atom stereocenters. The first-order valence-electron chi connectivity index (χ1n) is 7.06. The molecule has 0 bridgehead atoms. The largest absolute Gasteiger partial charge is 0.459 e. The molecule has 1 saturated heterocycles. The summed E-state index contributed by atoms with van der Waals surface area (Å²) in [5, 5.41) is 0. The van der Waals surface area contributed by atoms with E-state index in [9.17, 15) is 4.79 Å². The molecule has 110 valence electrons. The monoisotopic (exact) mass is 339 g/mol. The number of ether oxygens (including phenoxy) is 1. The molecule has 1 aromatic carbocycles. The van der Waals surface area contributed by atoms with E-state index in [0.717, 1.165) is 30.4 Å². The molecule has 1 aliphatic heterocycles. The predicted molar refractivity (Wildman–Crippen MR) is 83.4 cm³/mol. The van der Waals surface area contributed by atoms with E-state index in [4.69, 9.17) is 4.74 Å². The van der Waals surface area contributed by atoms with Gasteiger partial charge in [-0.3, -0.25) is 9.69 Å². The van der Waals surface area contributed by atoms with Gasteiger partial charge in [-0.15, -0.1) is 0 Å². The Kier molecular flexibility index (Phi) is 4.86. The molecule has 0 spiro atoms. The van der Waals surface area contributed by atoms with E-state index in [2.05, 4.69) is 33.0 Å². The third-order valence-electron chi connectivity index (χ3n) is 3.32. The van der Waals surface area contributed by atoms with Crippen molar-refractivity contribution in [3.63, 3.8) is 0 Å². The molecule has 4 heteroatoms. The number of nitrogens with zero attached hydrogens (tertiary/aromatic N) is 1. The molecule has 1 aliphatic rings. The highest BCUT2D eigenvalue weighted by molar-refractivity contribution is 9.10. The molecule has 1 heterocycles. The first kappa shape index (κ1) is 15.5. The van der Waals surface area contributed by atoms with Gasteiger partial charge in [-0.05, 0) is 57.9 Å². The van der Waals surface area contributed by atoms with E-state index < -0.39 is 5.60 Å². The molecule has 0 aliphatic carbocycles. The highest BCUT2D eigenvalue weighted by Crippen LogP contribution is 2.24. The van der Waals surface area contributed by atoms with Gasteiger partial charge < -0.3 is 4.74 Å². The fourth-order valence-corrected chi connectivity index (χ4v) is 2.97. The zero-order valence-electron chi connectivity index (χ0n) is 12.4. The van der Waals surface area contributed by atoms with Crippen molar-refractivity contribution in [2.75, 3.05) is 6.54 Å². The maximum atomic E-state index is 12.3. The van der Waals surface area contributed by atoms with E-state index in [1.54, 1.807) is 0 Å². The number of likely N-dealkylation sites (tertiary alicyclic amines) is 1. The van der Waals surface area contributed by atoms with Crippen LogP contribution in [-0.2, 0) is 16.1 Å². The van der Waals surface area contributed by atoms with Crippen LogP contribution in [0.1, 0.15) is 39.2 Å². The minimum atomic E-state index is -0.416. The van der Waals surface area contributed by atoms with Crippen molar-refractivity contribution in [2.24, 2.45) is 0 Å². The summed E-state index contributed by atoms with van der Waals surface area (Å²) >= 11 is 3.49. The summed E-state index contributed by atoms with van der Waals surface area (Å²) in [5.41, 5.74) is 0.802. The van der Waals surface area contributed by atoms with Gasteiger partial charge in [0.05, 0.1) is 0 Å². The molecule has 1 aromatic rings. The highest BCUT2D eigenvalue weighted by Gasteiger charge is 2.33. The van der Waals surface area contributed by atoms with E-state index in [1.807, 2.05) is 32.9 Å². The summed E-state index contributed by atoms with van der Waals surface area (Å²) in [5.74, 6) is -0.0926. The molecule has 20 heavy (non-hydrogen) atoms. The Morgan fingerprint density at radius 3 is 2.85 bits per heavy atom. The highest BCUT2D eigenvalue weighted by atomic mass is 79.9. The van der Waals surface area contributed by atoms with E-state index in [-0.39, 0.29) is 12.0 Å². The predicted octanol–water partition coefficient (Wildman–Crippen LogP) is 3.76. The van der Waals surface area contributed by atoms with Crippen molar-refractivity contribution < 1.29 is 9.53 Å². The number of carbonyl (C=O) groups is 1. The van der Waals surface area contributed by atoms with Gasteiger partial charge in [0.1, 0.15) is 11.6 Å². The first-order chi connectivity index (χ1) is 9.35. The Hall–Kier alpha value is -0.870. The number of carbonyl (C=O) groups excluding carboxylic acids is 1. The lowest BCUT2D eigenvalue weighted by Crippen LogP contribution is -2.40. The third-order valence-corrected chi connectivity index (χ3v) is 3.81. The SMILES string of the molecule is CC(C)(C)OC(=O)[C@@H]1CCCN1Cc1cccc(Br)c1. The van der Waals surface area contributed by atoms with Gasteiger partial charge >= 0.3 is 5.97 Å². The number of hydrogen-bond donors (Lipinski definition) is 0. The van der Waals surface area contributed by atoms with Gasteiger partial charge in [-0.25, -0.2) is 0 Å². The van der Waals surface area contributed by atoms with Gasteiger partial charge in [0.2, 0.25) is 0 Å². The van der Waals surface area contributed by atoms with Crippen LogP contribution in [0.3, 0.4) is 0 Å². The quantitative estimate of drug-likeness (QED) is 0.785. The smallest absolute Gasteiger partial charge is 0.323 e. The second kappa shape index (κ2) is 6.27. The van der Waals surface area contributed by atoms with Gasteiger partial charge in [0.25, 0.3) is 0 Å². The molecule has 3 nitrogen and oxygen atoms in total. The summed E-state index contributed by atoms with van der Waals surface area (Å²) in [6.07, 6.45) is 1.95. The van der Waals surface area contributed by atoms with Crippen LogP contribution >= 0.6 is 15.9 Å². The minimum absolute atomic E-state index is 0.0926. The number of benzene rings is 1. The Labute approximate surface area is 129 Å². The van der Waals surface area contributed by atoms with Crippen LogP contribution in [-0.4, -0.2) is 29.1 Å². The lowest BCUT2D eigenvalue weighted by Gasteiger charge is -2.27. The summed E-state index contributed by atoms with van der Waals surface area (Å²) in [7, 11) is 0. The molecular formula is C16H22BrNO2. The number of halogens is 1. The van der Waals surface area contributed by atoms with Crippen molar-refractivity contribution in [1.29, 1.82) is 0 Å². The van der Waals surface area contributed by atoms with Crippen LogP contribution in [0.5, 0.6) is 0 Å². The lowest BCUT2D eigenvalue weighted by molar-refractivity contribution is -0.160. The van der Waals surface area contributed by atoms with Crippen LogP contribution in [0, 0.1) is 0 Å².